The Labute approximate surface area is 98.4 Å². The zero-order valence-corrected chi connectivity index (χ0v) is 8.97. The number of carbonyl (C=O) groups excluding carboxylic acids is 2. The van der Waals surface area contributed by atoms with Gasteiger partial charge in [0.05, 0.1) is 5.92 Å². The average molecular weight is 225 g/mol. The highest BCUT2D eigenvalue weighted by atomic mass is 16.5. The molecule has 3 heteroatoms. The summed E-state index contributed by atoms with van der Waals surface area (Å²) in [6.45, 7) is 3.46. The first kappa shape index (κ1) is 10.0. The van der Waals surface area contributed by atoms with E-state index in [4.69, 9.17) is 4.74 Å². The first-order chi connectivity index (χ1) is 8.22. The van der Waals surface area contributed by atoms with Gasteiger partial charge < -0.3 is 4.74 Å². The maximum atomic E-state index is 12.2. The normalized spacial score (nSPS) is 25.8. The highest BCUT2D eigenvalue weighted by molar-refractivity contribution is 6.18. The smallest absolute Gasteiger partial charge is 0.205 e. The second kappa shape index (κ2) is 3.42. The van der Waals surface area contributed by atoms with Gasteiger partial charge >= 0.3 is 0 Å². The van der Waals surface area contributed by atoms with Gasteiger partial charge in [0.15, 0.2) is 11.9 Å². The van der Waals surface area contributed by atoms with E-state index in [1.165, 1.54) is 0 Å². The van der Waals surface area contributed by atoms with E-state index >= 15 is 0 Å². The van der Waals surface area contributed by atoms with Crippen LogP contribution in [-0.2, 0) is 4.74 Å². The van der Waals surface area contributed by atoms with Crippen molar-refractivity contribution < 1.29 is 14.3 Å². The summed E-state index contributed by atoms with van der Waals surface area (Å²) in [5, 5.41) is 0. The quantitative estimate of drug-likeness (QED) is 0.733. The van der Waals surface area contributed by atoms with Crippen molar-refractivity contribution in [3.63, 3.8) is 0 Å². The molecule has 0 spiro atoms. The Morgan fingerprint density at radius 2 is 1.76 bits per heavy atom. The van der Waals surface area contributed by atoms with Crippen molar-refractivity contribution >= 4 is 11.6 Å². The van der Waals surface area contributed by atoms with Gasteiger partial charge in [-0.25, -0.2) is 0 Å². The van der Waals surface area contributed by atoms with Crippen LogP contribution < -0.4 is 0 Å². The zero-order chi connectivity index (χ0) is 12.0. The summed E-state index contributed by atoms with van der Waals surface area (Å²) in [5.41, 5.74) is 0.918. The molecule has 2 aliphatic rings. The summed E-state index contributed by atoms with van der Waals surface area (Å²) in [6.07, 6.45) is 3.46. The molecule has 0 bridgehead atoms. The maximum Gasteiger partial charge on any atom is 0.205 e. The SMILES string of the molecule is C=[C]C1=CC2C(=O)c3ccccc3C(=O)C2O1. The van der Waals surface area contributed by atoms with Crippen LogP contribution in [0, 0.1) is 12.0 Å². The van der Waals surface area contributed by atoms with Crippen molar-refractivity contribution in [2.45, 2.75) is 6.10 Å². The highest BCUT2D eigenvalue weighted by Gasteiger charge is 2.45. The Bertz CT molecular complexity index is 569. The molecule has 0 aromatic heterocycles. The van der Waals surface area contributed by atoms with Gasteiger partial charge in [-0.15, -0.1) is 0 Å². The number of carbonyl (C=O) groups is 2. The van der Waals surface area contributed by atoms with Gasteiger partial charge in [-0.1, -0.05) is 30.8 Å². The molecule has 17 heavy (non-hydrogen) atoms. The van der Waals surface area contributed by atoms with Gasteiger partial charge in [0, 0.05) is 17.2 Å². The van der Waals surface area contributed by atoms with Crippen LogP contribution in [0.2, 0.25) is 0 Å². The number of ether oxygens (including phenoxy) is 1. The van der Waals surface area contributed by atoms with Crippen molar-refractivity contribution in [1.29, 1.82) is 0 Å². The summed E-state index contributed by atoms with van der Waals surface area (Å²) >= 11 is 0. The minimum atomic E-state index is -0.735. The van der Waals surface area contributed by atoms with Crippen molar-refractivity contribution in [3.05, 3.63) is 59.9 Å². The van der Waals surface area contributed by atoms with Crippen LogP contribution in [0.5, 0.6) is 0 Å². The molecule has 3 nitrogen and oxygen atoms in total. The third-order valence-corrected chi connectivity index (χ3v) is 3.10. The van der Waals surface area contributed by atoms with Crippen LogP contribution in [-0.4, -0.2) is 17.7 Å². The van der Waals surface area contributed by atoms with Crippen LogP contribution >= 0.6 is 0 Å². The molecule has 1 aliphatic heterocycles. The van der Waals surface area contributed by atoms with E-state index in [1.807, 2.05) is 0 Å². The molecule has 1 aromatic carbocycles. The number of rotatable bonds is 1. The number of fused-ring (bicyclic) bond motifs is 2. The summed E-state index contributed by atoms with van der Waals surface area (Å²) in [7, 11) is 0. The lowest BCUT2D eigenvalue weighted by molar-refractivity contribution is 0.0559. The van der Waals surface area contributed by atoms with Crippen molar-refractivity contribution in [2.24, 2.45) is 5.92 Å². The minimum absolute atomic E-state index is 0.0737. The first-order valence-electron chi connectivity index (χ1n) is 5.31. The minimum Gasteiger partial charge on any atom is -0.481 e. The molecule has 83 valence electrons. The fourth-order valence-electron chi connectivity index (χ4n) is 2.28. The van der Waals surface area contributed by atoms with Crippen LogP contribution in [0.25, 0.3) is 0 Å². The second-order valence-corrected chi connectivity index (χ2v) is 4.05. The van der Waals surface area contributed by atoms with Crippen molar-refractivity contribution in [3.8, 4) is 0 Å². The standard InChI is InChI=1S/C14H9O3/c1-2-8-7-11-12(15)9-5-3-4-6-10(9)13(16)14(11)17-8/h3-7,11,14H,1H2. The molecule has 2 unspecified atom stereocenters. The Balaban J connectivity index is 2.14. The largest absolute Gasteiger partial charge is 0.481 e. The molecule has 0 N–H and O–H groups in total. The number of Topliss-reactive ketones (excluding diaryl/α,β-unsaturated/α-hetero) is 2. The van der Waals surface area contributed by atoms with Crippen molar-refractivity contribution in [2.75, 3.05) is 0 Å². The van der Waals surface area contributed by atoms with Gasteiger partial charge in [-0.05, 0) is 6.08 Å². The number of allylic oxidation sites excluding steroid dienone is 1. The molecule has 0 saturated heterocycles. The van der Waals surface area contributed by atoms with Crippen LogP contribution in [0.15, 0.2) is 42.7 Å². The van der Waals surface area contributed by atoms with Gasteiger partial charge in [-0.2, -0.15) is 0 Å². The lowest BCUT2D eigenvalue weighted by Crippen LogP contribution is -2.38. The molecule has 1 heterocycles. The molecule has 0 amide bonds. The monoisotopic (exact) mass is 225 g/mol. The third kappa shape index (κ3) is 1.29. The topological polar surface area (TPSA) is 43.4 Å². The van der Waals surface area contributed by atoms with E-state index in [0.29, 0.717) is 16.9 Å². The zero-order valence-electron chi connectivity index (χ0n) is 8.97. The van der Waals surface area contributed by atoms with E-state index < -0.39 is 12.0 Å². The molecule has 2 atom stereocenters. The molecule has 1 aromatic rings. The van der Waals surface area contributed by atoms with Gasteiger partial charge in [-0.3, -0.25) is 9.59 Å². The lowest BCUT2D eigenvalue weighted by atomic mass is 9.80. The molecule has 0 fully saturated rings. The van der Waals surface area contributed by atoms with E-state index in [-0.39, 0.29) is 11.6 Å². The molecule has 1 radical (unpaired) electrons. The number of ketones is 2. The van der Waals surface area contributed by atoms with Crippen LogP contribution in [0.3, 0.4) is 0 Å². The van der Waals surface area contributed by atoms with E-state index in [2.05, 4.69) is 12.7 Å². The molecule has 1 aliphatic carbocycles. The molecule has 0 saturated carbocycles. The number of hydrogen-bond acceptors (Lipinski definition) is 3. The summed E-state index contributed by atoms with van der Waals surface area (Å²) in [5.74, 6) is -0.363. The Hall–Kier alpha value is -2.16. The fourth-order valence-corrected chi connectivity index (χ4v) is 2.28. The van der Waals surface area contributed by atoms with E-state index in [9.17, 15) is 9.59 Å². The van der Waals surface area contributed by atoms with Crippen molar-refractivity contribution in [1.82, 2.24) is 0 Å². The lowest BCUT2D eigenvalue weighted by Gasteiger charge is -2.23. The Kier molecular flexibility index (Phi) is 2.01. The predicted molar refractivity (Wildman–Crippen MR) is 60.4 cm³/mol. The maximum absolute atomic E-state index is 12.2. The van der Waals surface area contributed by atoms with Gasteiger partial charge in [0.1, 0.15) is 5.76 Å². The summed E-state index contributed by atoms with van der Waals surface area (Å²) in [6, 6.07) is 6.83. The fraction of sp³-hybridized carbons (Fsp3) is 0.143. The van der Waals surface area contributed by atoms with Crippen LogP contribution in [0.1, 0.15) is 20.7 Å². The van der Waals surface area contributed by atoms with E-state index in [0.717, 1.165) is 0 Å². The Morgan fingerprint density at radius 3 is 2.41 bits per heavy atom. The number of benzene rings is 1. The van der Waals surface area contributed by atoms with Gasteiger partial charge in [0.25, 0.3) is 0 Å². The second-order valence-electron chi connectivity index (χ2n) is 4.05. The van der Waals surface area contributed by atoms with Gasteiger partial charge in [0.2, 0.25) is 5.78 Å². The van der Waals surface area contributed by atoms with Crippen LogP contribution in [0.4, 0.5) is 0 Å². The number of hydrogen-bond donors (Lipinski definition) is 0. The third-order valence-electron chi connectivity index (χ3n) is 3.10. The summed E-state index contributed by atoms with van der Waals surface area (Å²) in [4.78, 5) is 24.3. The molecule has 3 rings (SSSR count). The molecular weight excluding hydrogens is 216 g/mol. The Morgan fingerprint density at radius 1 is 1.12 bits per heavy atom. The predicted octanol–water partition coefficient (Wildman–Crippen LogP) is 1.95. The first-order valence-corrected chi connectivity index (χ1v) is 5.31. The van der Waals surface area contributed by atoms with E-state index in [1.54, 1.807) is 30.3 Å². The summed E-state index contributed by atoms with van der Waals surface area (Å²) < 4.78 is 5.37. The molecular formula is C14H9O3. The highest BCUT2D eigenvalue weighted by Crippen LogP contribution is 2.34. The average Bonchev–Trinajstić information content (AvgIpc) is 2.80.